The van der Waals surface area contributed by atoms with Gasteiger partial charge in [-0.15, -0.1) is 0 Å². The van der Waals surface area contributed by atoms with E-state index in [9.17, 15) is 18.7 Å². The first-order chi connectivity index (χ1) is 13.9. The molecule has 1 aromatic carbocycles. The first-order valence-corrected chi connectivity index (χ1v) is 10.9. The summed E-state index contributed by atoms with van der Waals surface area (Å²) in [5, 5.41) is 17.1. The van der Waals surface area contributed by atoms with Crippen LogP contribution in [0, 0.1) is 29.4 Å². The Morgan fingerprint density at radius 3 is 2.59 bits per heavy atom. The zero-order valence-electron chi connectivity index (χ0n) is 15.9. The van der Waals surface area contributed by atoms with Crippen LogP contribution in [0.25, 0.3) is 0 Å². The van der Waals surface area contributed by atoms with Gasteiger partial charge in [0.15, 0.2) is 5.13 Å². The van der Waals surface area contributed by atoms with Crippen LogP contribution in [0.3, 0.4) is 0 Å². The van der Waals surface area contributed by atoms with Gasteiger partial charge in [-0.05, 0) is 62.0 Å². The summed E-state index contributed by atoms with van der Waals surface area (Å²) in [6.45, 7) is 0.152. The van der Waals surface area contributed by atoms with E-state index in [0.29, 0.717) is 17.2 Å². The van der Waals surface area contributed by atoms with E-state index in [1.54, 1.807) is 0 Å². The SMILES string of the molecule is O=C(NCCc1sc(NC23CC4CC(CC2C4)C3)nc1O)c1c(F)cccc1F. The number of carbonyl (C=O) groups excluding carboxylic acids is 1. The molecule has 29 heavy (non-hydrogen) atoms. The fraction of sp³-hybridized carbons (Fsp3) is 0.524. The van der Waals surface area contributed by atoms with E-state index in [2.05, 4.69) is 15.6 Å². The topological polar surface area (TPSA) is 74.2 Å². The molecule has 2 unspecified atom stereocenters. The molecule has 4 aliphatic carbocycles. The highest BCUT2D eigenvalue weighted by atomic mass is 32.1. The van der Waals surface area contributed by atoms with Crippen LogP contribution >= 0.6 is 11.3 Å². The number of benzene rings is 1. The maximum absolute atomic E-state index is 13.7. The van der Waals surface area contributed by atoms with Gasteiger partial charge in [0.2, 0.25) is 5.88 Å². The first-order valence-electron chi connectivity index (χ1n) is 10.1. The van der Waals surface area contributed by atoms with Gasteiger partial charge in [0.1, 0.15) is 17.2 Å². The number of hydrogen-bond donors (Lipinski definition) is 3. The summed E-state index contributed by atoms with van der Waals surface area (Å²) in [4.78, 5) is 17.0. The van der Waals surface area contributed by atoms with Gasteiger partial charge in [-0.2, -0.15) is 4.98 Å². The number of carbonyl (C=O) groups is 1. The number of nitrogens with one attached hydrogen (secondary N) is 2. The van der Waals surface area contributed by atoms with Gasteiger partial charge in [0, 0.05) is 18.5 Å². The molecule has 1 heterocycles. The van der Waals surface area contributed by atoms with Crippen molar-refractivity contribution < 1.29 is 18.7 Å². The number of thiazole rings is 1. The van der Waals surface area contributed by atoms with Crippen LogP contribution in [0.5, 0.6) is 5.88 Å². The average Bonchev–Trinajstić information content (AvgIpc) is 3.19. The lowest BCUT2D eigenvalue weighted by Crippen LogP contribution is -2.39. The third-order valence-corrected chi connectivity index (χ3v) is 7.87. The second-order valence-electron chi connectivity index (χ2n) is 8.69. The Morgan fingerprint density at radius 1 is 1.21 bits per heavy atom. The normalized spacial score (nSPS) is 29.4. The highest BCUT2D eigenvalue weighted by Gasteiger charge is 2.58. The summed E-state index contributed by atoms with van der Waals surface area (Å²) in [7, 11) is 0. The average molecular weight is 419 g/mol. The van der Waals surface area contributed by atoms with Crippen LogP contribution in [0.2, 0.25) is 0 Å². The number of halogens is 2. The van der Waals surface area contributed by atoms with Crippen LogP contribution in [0.15, 0.2) is 18.2 Å². The monoisotopic (exact) mass is 419 g/mol. The Bertz CT molecular complexity index is 929. The highest BCUT2D eigenvalue weighted by Crippen LogP contribution is 2.61. The molecule has 1 aromatic heterocycles. The molecule has 2 aromatic rings. The number of amides is 1. The van der Waals surface area contributed by atoms with Gasteiger partial charge >= 0.3 is 0 Å². The Labute approximate surface area is 171 Å². The lowest BCUT2D eigenvalue weighted by Gasteiger charge is -2.33. The van der Waals surface area contributed by atoms with Crippen molar-refractivity contribution in [2.24, 2.45) is 17.8 Å². The quantitative estimate of drug-likeness (QED) is 0.659. The predicted molar refractivity (Wildman–Crippen MR) is 106 cm³/mol. The molecule has 1 amide bonds. The van der Waals surface area contributed by atoms with Crippen LogP contribution in [-0.2, 0) is 6.42 Å². The van der Waals surface area contributed by atoms with Gasteiger partial charge in [0.25, 0.3) is 5.91 Å². The Morgan fingerprint density at radius 2 is 1.90 bits per heavy atom. The van der Waals surface area contributed by atoms with Gasteiger partial charge in [0.05, 0.1) is 4.88 Å². The van der Waals surface area contributed by atoms with Crippen molar-refractivity contribution in [3.63, 3.8) is 0 Å². The molecule has 8 heteroatoms. The van der Waals surface area contributed by atoms with E-state index in [1.165, 1.54) is 49.5 Å². The summed E-state index contributed by atoms with van der Waals surface area (Å²) < 4.78 is 27.4. The van der Waals surface area contributed by atoms with Crippen LogP contribution < -0.4 is 10.6 Å². The lowest BCUT2D eigenvalue weighted by atomic mass is 9.80. The van der Waals surface area contributed by atoms with Crippen molar-refractivity contribution in [3.8, 4) is 5.88 Å². The molecule has 4 bridgehead atoms. The fourth-order valence-corrected chi connectivity index (χ4v) is 6.83. The van der Waals surface area contributed by atoms with Crippen molar-refractivity contribution >= 4 is 22.4 Å². The van der Waals surface area contributed by atoms with E-state index >= 15 is 0 Å². The van der Waals surface area contributed by atoms with E-state index in [-0.39, 0.29) is 18.0 Å². The zero-order chi connectivity index (χ0) is 20.2. The molecule has 5 nitrogen and oxygen atoms in total. The molecule has 6 rings (SSSR count). The smallest absolute Gasteiger partial charge is 0.257 e. The fourth-order valence-electron chi connectivity index (χ4n) is 5.87. The molecule has 4 aliphatic rings. The minimum atomic E-state index is -0.894. The van der Waals surface area contributed by atoms with Gasteiger partial charge < -0.3 is 15.7 Å². The number of anilines is 1. The molecule has 3 N–H and O–H groups in total. The molecule has 154 valence electrons. The largest absolute Gasteiger partial charge is 0.492 e. The van der Waals surface area contributed by atoms with Crippen molar-refractivity contribution in [2.45, 2.75) is 44.1 Å². The number of nitrogens with zero attached hydrogens (tertiary/aromatic N) is 1. The summed E-state index contributed by atoms with van der Waals surface area (Å²) in [5.41, 5.74) is -0.458. The maximum Gasteiger partial charge on any atom is 0.257 e. The zero-order valence-corrected chi connectivity index (χ0v) is 16.7. The standard InChI is InChI=1S/C21H23F2N3O2S/c22-14-2-1-3-15(23)17(14)19(28)24-5-4-16-18(27)25-20(29-16)26-21-9-11-6-12(10-21)8-13(21)7-11/h1-3,11-13,27H,4-10H2,(H,24,28)(H,25,26). The third-order valence-electron chi connectivity index (χ3n) is 6.85. The van der Waals surface area contributed by atoms with Gasteiger partial charge in [-0.3, -0.25) is 4.79 Å². The van der Waals surface area contributed by atoms with Crippen molar-refractivity contribution in [1.29, 1.82) is 0 Å². The molecular weight excluding hydrogens is 396 g/mol. The Kier molecular flexibility index (Phi) is 4.49. The Hall–Kier alpha value is -2.22. The second kappa shape index (κ2) is 6.93. The van der Waals surface area contributed by atoms with Crippen molar-refractivity contribution in [3.05, 3.63) is 40.3 Å². The molecule has 0 saturated heterocycles. The minimum absolute atomic E-state index is 0.0436. The van der Waals surface area contributed by atoms with Gasteiger partial charge in [-0.25, -0.2) is 8.78 Å². The van der Waals surface area contributed by atoms with E-state index < -0.39 is 23.1 Å². The van der Waals surface area contributed by atoms with E-state index in [0.717, 1.165) is 29.1 Å². The van der Waals surface area contributed by atoms with Crippen molar-refractivity contribution in [1.82, 2.24) is 10.3 Å². The maximum atomic E-state index is 13.7. The second-order valence-corrected chi connectivity index (χ2v) is 9.78. The van der Waals surface area contributed by atoms with Crippen molar-refractivity contribution in [2.75, 3.05) is 11.9 Å². The lowest BCUT2D eigenvalue weighted by molar-refractivity contribution is 0.0945. The molecule has 0 spiro atoms. The number of hydrogen-bond acceptors (Lipinski definition) is 5. The first kappa shape index (κ1) is 18.8. The molecule has 4 fully saturated rings. The molecule has 0 aliphatic heterocycles. The third kappa shape index (κ3) is 3.27. The molecule has 0 radical (unpaired) electrons. The van der Waals surface area contributed by atoms with E-state index in [4.69, 9.17) is 0 Å². The summed E-state index contributed by atoms with van der Waals surface area (Å²) in [6.07, 6.45) is 6.67. The van der Waals surface area contributed by atoms with Gasteiger partial charge in [-0.1, -0.05) is 17.4 Å². The molecular formula is C21H23F2N3O2S. The molecule has 4 saturated carbocycles. The minimum Gasteiger partial charge on any atom is -0.492 e. The summed E-state index contributed by atoms with van der Waals surface area (Å²) in [5.74, 6) is -0.289. The molecule has 2 atom stereocenters. The predicted octanol–water partition coefficient (Wildman–Crippen LogP) is 4.09. The van der Waals surface area contributed by atoms with E-state index in [1.807, 2.05) is 0 Å². The number of rotatable bonds is 6. The summed E-state index contributed by atoms with van der Waals surface area (Å²) >= 11 is 1.39. The highest BCUT2D eigenvalue weighted by molar-refractivity contribution is 7.15. The number of aromatic nitrogens is 1. The van der Waals surface area contributed by atoms with Crippen LogP contribution in [0.4, 0.5) is 13.9 Å². The number of aromatic hydroxyl groups is 1. The van der Waals surface area contributed by atoms with Crippen LogP contribution in [-0.4, -0.2) is 28.1 Å². The van der Waals surface area contributed by atoms with Crippen LogP contribution in [0.1, 0.15) is 47.3 Å². The Balaban J connectivity index is 1.21. The summed E-state index contributed by atoms with van der Waals surface area (Å²) in [6, 6.07) is 3.31.